The van der Waals surface area contributed by atoms with Gasteiger partial charge in [0.1, 0.15) is 12.4 Å². The molecule has 16 heavy (non-hydrogen) atoms. The average Bonchev–Trinajstić information content (AvgIpc) is 2.25. The number of nitrogens with zero attached hydrogens (tertiary/aromatic N) is 1. The van der Waals surface area contributed by atoms with Crippen LogP contribution in [-0.2, 0) is 0 Å². The molecule has 1 aromatic rings. The van der Waals surface area contributed by atoms with E-state index in [9.17, 15) is 0 Å². The van der Waals surface area contributed by atoms with Crippen molar-refractivity contribution in [1.29, 1.82) is 0 Å². The van der Waals surface area contributed by atoms with E-state index in [2.05, 4.69) is 24.3 Å². The molecule has 1 N–H and O–H groups in total. The van der Waals surface area contributed by atoms with Crippen molar-refractivity contribution in [2.24, 2.45) is 0 Å². The first kappa shape index (κ1) is 13.3. The number of hydrogen-bond donors (Lipinski definition) is 1. The van der Waals surface area contributed by atoms with Gasteiger partial charge in [-0.1, -0.05) is 23.7 Å². The summed E-state index contributed by atoms with van der Waals surface area (Å²) in [7, 11) is 4.11. The topological polar surface area (TPSA) is 24.5 Å². The Balaban J connectivity index is 2.10. The fourth-order valence-electron chi connectivity index (χ4n) is 1.22. The van der Waals surface area contributed by atoms with Gasteiger partial charge in [-0.15, -0.1) is 0 Å². The van der Waals surface area contributed by atoms with Crippen LogP contribution in [0, 0.1) is 0 Å². The van der Waals surface area contributed by atoms with Gasteiger partial charge in [0, 0.05) is 19.6 Å². The van der Waals surface area contributed by atoms with Crippen LogP contribution in [0.1, 0.15) is 0 Å². The van der Waals surface area contributed by atoms with Crippen LogP contribution in [0.3, 0.4) is 0 Å². The van der Waals surface area contributed by atoms with Crippen molar-refractivity contribution in [3.8, 4) is 5.75 Å². The second-order valence-corrected chi connectivity index (χ2v) is 4.24. The summed E-state index contributed by atoms with van der Waals surface area (Å²) in [5.41, 5.74) is 0. The summed E-state index contributed by atoms with van der Waals surface area (Å²) in [6.07, 6.45) is 0. The van der Waals surface area contributed by atoms with Crippen LogP contribution < -0.4 is 10.1 Å². The van der Waals surface area contributed by atoms with Gasteiger partial charge < -0.3 is 15.0 Å². The normalized spacial score (nSPS) is 10.8. The molecular weight excluding hydrogens is 224 g/mol. The minimum Gasteiger partial charge on any atom is -0.491 e. The highest BCUT2D eigenvalue weighted by Crippen LogP contribution is 2.22. The van der Waals surface area contributed by atoms with Crippen LogP contribution in [0.25, 0.3) is 0 Å². The molecule has 0 saturated heterocycles. The fraction of sp³-hybridized carbons (Fsp3) is 0.500. The van der Waals surface area contributed by atoms with Gasteiger partial charge >= 0.3 is 0 Å². The van der Waals surface area contributed by atoms with E-state index < -0.39 is 0 Å². The summed E-state index contributed by atoms with van der Waals surface area (Å²) < 4.78 is 5.54. The molecule has 0 unspecified atom stereocenters. The lowest BCUT2D eigenvalue weighted by Crippen LogP contribution is -2.29. The van der Waals surface area contributed by atoms with Gasteiger partial charge in [0.2, 0.25) is 0 Å². The minimum absolute atomic E-state index is 0.636. The Labute approximate surface area is 102 Å². The second-order valence-electron chi connectivity index (χ2n) is 3.83. The molecule has 0 spiro atoms. The largest absolute Gasteiger partial charge is 0.491 e. The molecule has 0 aromatic heterocycles. The second kappa shape index (κ2) is 7.49. The first-order valence-electron chi connectivity index (χ1n) is 5.43. The van der Waals surface area contributed by atoms with Crippen LogP contribution in [0.5, 0.6) is 5.75 Å². The summed E-state index contributed by atoms with van der Waals surface area (Å²) in [6, 6.07) is 7.52. The van der Waals surface area contributed by atoms with Crippen LogP contribution in [0.2, 0.25) is 5.02 Å². The van der Waals surface area contributed by atoms with Crippen molar-refractivity contribution < 1.29 is 4.74 Å². The Hall–Kier alpha value is -0.770. The molecule has 0 amide bonds. The molecule has 0 aliphatic heterocycles. The number of rotatable bonds is 7. The van der Waals surface area contributed by atoms with Gasteiger partial charge in [0.25, 0.3) is 0 Å². The number of hydrogen-bond acceptors (Lipinski definition) is 3. The van der Waals surface area contributed by atoms with Crippen molar-refractivity contribution in [2.75, 3.05) is 40.3 Å². The number of halogens is 1. The van der Waals surface area contributed by atoms with E-state index >= 15 is 0 Å². The first-order chi connectivity index (χ1) is 7.70. The Morgan fingerprint density at radius 2 is 2.00 bits per heavy atom. The number of ether oxygens (including phenoxy) is 1. The van der Waals surface area contributed by atoms with E-state index in [0.29, 0.717) is 11.6 Å². The van der Waals surface area contributed by atoms with Crippen LogP contribution >= 0.6 is 11.6 Å². The fourth-order valence-corrected chi connectivity index (χ4v) is 1.41. The maximum atomic E-state index is 5.95. The van der Waals surface area contributed by atoms with Crippen LogP contribution in [0.15, 0.2) is 24.3 Å². The van der Waals surface area contributed by atoms with Crippen LogP contribution in [0.4, 0.5) is 0 Å². The smallest absolute Gasteiger partial charge is 0.137 e. The lowest BCUT2D eigenvalue weighted by atomic mass is 10.3. The maximum absolute atomic E-state index is 5.95. The molecule has 0 aliphatic rings. The van der Waals surface area contributed by atoms with E-state index in [-0.39, 0.29) is 0 Å². The third-order valence-corrected chi connectivity index (χ3v) is 2.42. The van der Waals surface area contributed by atoms with Gasteiger partial charge in [-0.2, -0.15) is 0 Å². The molecule has 3 nitrogen and oxygen atoms in total. The molecule has 0 fully saturated rings. The first-order valence-corrected chi connectivity index (χ1v) is 5.80. The standard InChI is InChI=1S/C12H19ClN2O/c1-15(2)9-7-14-8-10-16-12-6-4-3-5-11(12)13/h3-6,14H,7-10H2,1-2H3. The average molecular weight is 243 g/mol. The number of benzene rings is 1. The highest BCUT2D eigenvalue weighted by molar-refractivity contribution is 6.32. The molecule has 1 rings (SSSR count). The van der Waals surface area contributed by atoms with E-state index in [1.807, 2.05) is 24.3 Å². The third-order valence-electron chi connectivity index (χ3n) is 2.11. The van der Waals surface area contributed by atoms with Gasteiger partial charge in [-0.3, -0.25) is 0 Å². The van der Waals surface area contributed by atoms with Crippen molar-refractivity contribution in [3.63, 3.8) is 0 Å². The highest BCUT2D eigenvalue weighted by atomic mass is 35.5. The summed E-state index contributed by atoms with van der Waals surface area (Å²) in [5, 5.41) is 3.96. The zero-order valence-electron chi connectivity index (χ0n) is 9.87. The number of para-hydroxylation sites is 1. The molecule has 1 aromatic carbocycles. The van der Waals surface area contributed by atoms with E-state index in [1.54, 1.807) is 0 Å². The summed E-state index contributed by atoms with van der Waals surface area (Å²) in [5.74, 6) is 0.749. The lowest BCUT2D eigenvalue weighted by molar-refractivity contribution is 0.308. The third kappa shape index (κ3) is 5.35. The zero-order valence-corrected chi connectivity index (χ0v) is 10.6. The van der Waals surface area contributed by atoms with Crippen molar-refractivity contribution in [2.45, 2.75) is 0 Å². The lowest BCUT2D eigenvalue weighted by Gasteiger charge is -2.11. The maximum Gasteiger partial charge on any atom is 0.137 e. The van der Waals surface area contributed by atoms with Gasteiger partial charge in [0.15, 0.2) is 0 Å². The Morgan fingerprint density at radius 1 is 1.25 bits per heavy atom. The Morgan fingerprint density at radius 3 is 2.69 bits per heavy atom. The molecule has 0 radical (unpaired) electrons. The van der Waals surface area contributed by atoms with Crippen LogP contribution in [-0.4, -0.2) is 45.2 Å². The molecular formula is C12H19ClN2O. The minimum atomic E-state index is 0.636. The van der Waals surface area contributed by atoms with Gasteiger partial charge in [0.05, 0.1) is 5.02 Å². The van der Waals surface area contributed by atoms with Gasteiger partial charge in [-0.25, -0.2) is 0 Å². The van der Waals surface area contributed by atoms with Crippen molar-refractivity contribution in [1.82, 2.24) is 10.2 Å². The molecule has 0 bridgehead atoms. The predicted molar refractivity (Wildman–Crippen MR) is 68.4 cm³/mol. The summed E-state index contributed by atoms with van der Waals surface area (Å²) >= 11 is 5.95. The zero-order chi connectivity index (χ0) is 11.8. The predicted octanol–water partition coefficient (Wildman–Crippen LogP) is 1.87. The SMILES string of the molecule is CN(C)CCNCCOc1ccccc1Cl. The van der Waals surface area contributed by atoms with E-state index in [1.165, 1.54) is 0 Å². The van der Waals surface area contributed by atoms with E-state index in [4.69, 9.17) is 16.3 Å². The van der Waals surface area contributed by atoms with Crippen molar-refractivity contribution in [3.05, 3.63) is 29.3 Å². The Kier molecular flexibility index (Phi) is 6.23. The molecule has 0 saturated carbocycles. The molecule has 0 aliphatic carbocycles. The quantitative estimate of drug-likeness (QED) is 0.739. The summed E-state index contributed by atoms with van der Waals surface area (Å²) in [6.45, 7) is 3.47. The monoisotopic (exact) mass is 242 g/mol. The van der Waals surface area contributed by atoms with Gasteiger partial charge in [-0.05, 0) is 26.2 Å². The molecule has 0 atom stereocenters. The van der Waals surface area contributed by atoms with Crippen molar-refractivity contribution >= 4 is 11.6 Å². The number of nitrogens with one attached hydrogen (secondary N) is 1. The Bertz CT molecular complexity index is 305. The highest BCUT2D eigenvalue weighted by Gasteiger charge is 1.98. The number of likely N-dealkylation sites (N-methyl/N-ethyl adjacent to an activating group) is 1. The van der Waals surface area contributed by atoms with E-state index in [0.717, 1.165) is 25.4 Å². The molecule has 90 valence electrons. The molecule has 4 heteroatoms. The summed E-state index contributed by atoms with van der Waals surface area (Å²) in [4.78, 5) is 2.14. The molecule has 0 heterocycles.